The van der Waals surface area contributed by atoms with Gasteiger partial charge in [0.1, 0.15) is 0 Å². The van der Waals surface area contributed by atoms with Crippen molar-refractivity contribution in [3.05, 3.63) is 0 Å². The molecule has 100 valence electrons. The Kier molecular flexibility index (Phi) is 4.87. The molecule has 2 aliphatic heterocycles. The van der Waals surface area contributed by atoms with Crippen LogP contribution in [0.4, 0.5) is 0 Å². The monoisotopic (exact) mass is 238 g/mol. The first-order valence-electron chi connectivity index (χ1n) is 7.67. The van der Waals surface area contributed by atoms with E-state index >= 15 is 0 Å². The fraction of sp³-hybridized carbons (Fsp3) is 1.00. The van der Waals surface area contributed by atoms with Crippen LogP contribution in [0.2, 0.25) is 0 Å². The minimum Gasteiger partial charge on any atom is -0.316 e. The van der Waals surface area contributed by atoms with Gasteiger partial charge in [0, 0.05) is 13.1 Å². The second kappa shape index (κ2) is 6.19. The maximum atomic E-state index is 3.59. The van der Waals surface area contributed by atoms with Crippen LogP contribution in [0.15, 0.2) is 0 Å². The van der Waals surface area contributed by atoms with Crippen LogP contribution in [0.1, 0.15) is 52.4 Å². The minimum absolute atomic E-state index is 0.600. The summed E-state index contributed by atoms with van der Waals surface area (Å²) in [6.07, 6.45) is 8.41. The van der Waals surface area contributed by atoms with Crippen LogP contribution in [0.25, 0.3) is 0 Å². The SMILES string of the molecule is CCCC1(CN2CCCC(C)CC2)CCNC1. The smallest absolute Gasteiger partial charge is 0.00506 e. The summed E-state index contributed by atoms with van der Waals surface area (Å²) in [5, 5.41) is 3.59. The first-order valence-corrected chi connectivity index (χ1v) is 7.67. The molecule has 2 fully saturated rings. The van der Waals surface area contributed by atoms with Gasteiger partial charge in [-0.1, -0.05) is 20.3 Å². The number of nitrogens with one attached hydrogen (secondary N) is 1. The minimum atomic E-state index is 0.600. The van der Waals surface area contributed by atoms with Crippen molar-refractivity contribution in [3.8, 4) is 0 Å². The summed E-state index contributed by atoms with van der Waals surface area (Å²) in [5.41, 5.74) is 0.600. The predicted octanol–water partition coefficient (Wildman–Crippen LogP) is 2.89. The van der Waals surface area contributed by atoms with Crippen LogP contribution < -0.4 is 5.32 Å². The van der Waals surface area contributed by atoms with Gasteiger partial charge >= 0.3 is 0 Å². The van der Waals surface area contributed by atoms with Crippen LogP contribution in [-0.2, 0) is 0 Å². The summed E-state index contributed by atoms with van der Waals surface area (Å²) in [7, 11) is 0. The number of hydrogen-bond donors (Lipinski definition) is 1. The molecule has 0 amide bonds. The van der Waals surface area contributed by atoms with Gasteiger partial charge in [0.15, 0.2) is 0 Å². The van der Waals surface area contributed by atoms with E-state index in [2.05, 4.69) is 24.1 Å². The van der Waals surface area contributed by atoms with E-state index in [4.69, 9.17) is 0 Å². The quantitative estimate of drug-likeness (QED) is 0.810. The van der Waals surface area contributed by atoms with Gasteiger partial charge in [0.05, 0.1) is 0 Å². The molecule has 0 aromatic rings. The van der Waals surface area contributed by atoms with Crippen molar-refractivity contribution in [2.75, 3.05) is 32.7 Å². The Morgan fingerprint density at radius 1 is 1.29 bits per heavy atom. The molecule has 2 saturated heterocycles. The molecule has 0 bridgehead atoms. The molecule has 0 aromatic heterocycles. The molecule has 2 aliphatic rings. The average Bonchev–Trinajstić information content (AvgIpc) is 2.65. The second-order valence-electron chi connectivity index (χ2n) is 6.49. The molecular weight excluding hydrogens is 208 g/mol. The van der Waals surface area contributed by atoms with Gasteiger partial charge in [0.25, 0.3) is 0 Å². The summed E-state index contributed by atoms with van der Waals surface area (Å²) in [6, 6.07) is 0. The van der Waals surface area contributed by atoms with Gasteiger partial charge in [-0.3, -0.25) is 0 Å². The van der Waals surface area contributed by atoms with E-state index < -0.39 is 0 Å². The van der Waals surface area contributed by atoms with E-state index in [0.29, 0.717) is 5.41 Å². The average molecular weight is 238 g/mol. The van der Waals surface area contributed by atoms with Crippen molar-refractivity contribution in [2.45, 2.75) is 52.4 Å². The van der Waals surface area contributed by atoms with E-state index in [9.17, 15) is 0 Å². The highest BCUT2D eigenvalue weighted by Crippen LogP contribution is 2.33. The van der Waals surface area contributed by atoms with Crippen molar-refractivity contribution in [2.24, 2.45) is 11.3 Å². The highest BCUT2D eigenvalue weighted by atomic mass is 15.1. The lowest BCUT2D eigenvalue weighted by atomic mass is 9.82. The lowest BCUT2D eigenvalue weighted by Gasteiger charge is -2.34. The van der Waals surface area contributed by atoms with Crippen LogP contribution in [0, 0.1) is 11.3 Å². The molecule has 0 aromatic carbocycles. The number of hydrogen-bond acceptors (Lipinski definition) is 2. The molecule has 2 nitrogen and oxygen atoms in total. The molecule has 0 spiro atoms. The third-order valence-corrected chi connectivity index (χ3v) is 4.78. The molecule has 2 rings (SSSR count). The van der Waals surface area contributed by atoms with Gasteiger partial charge in [-0.15, -0.1) is 0 Å². The second-order valence-corrected chi connectivity index (χ2v) is 6.49. The molecule has 2 heteroatoms. The Morgan fingerprint density at radius 2 is 2.18 bits per heavy atom. The first kappa shape index (κ1) is 13.4. The van der Waals surface area contributed by atoms with Crippen molar-refractivity contribution in [1.82, 2.24) is 10.2 Å². The Bertz CT molecular complexity index is 221. The fourth-order valence-electron chi connectivity index (χ4n) is 3.71. The van der Waals surface area contributed by atoms with Crippen LogP contribution in [-0.4, -0.2) is 37.6 Å². The van der Waals surface area contributed by atoms with Crippen LogP contribution in [0.3, 0.4) is 0 Å². The van der Waals surface area contributed by atoms with Crippen LogP contribution in [0.5, 0.6) is 0 Å². The number of rotatable bonds is 4. The highest BCUT2D eigenvalue weighted by molar-refractivity contribution is 4.90. The van der Waals surface area contributed by atoms with Crippen molar-refractivity contribution in [3.63, 3.8) is 0 Å². The first-order chi connectivity index (χ1) is 8.24. The summed E-state index contributed by atoms with van der Waals surface area (Å²) in [4.78, 5) is 2.76. The molecule has 2 heterocycles. The van der Waals surface area contributed by atoms with Gasteiger partial charge in [-0.2, -0.15) is 0 Å². The van der Waals surface area contributed by atoms with Crippen molar-refractivity contribution in [1.29, 1.82) is 0 Å². The van der Waals surface area contributed by atoms with Gasteiger partial charge in [-0.05, 0) is 63.1 Å². The molecule has 0 radical (unpaired) electrons. The van der Waals surface area contributed by atoms with Crippen LogP contribution >= 0.6 is 0 Å². The third kappa shape index (κ3) is 3.69. The fourth-order valence-corrected chi connectivity index (χ4v) is 3.71. The summed E-state index contributed by atoms with van der Waals surface area (Å²) in [6.45, 7) is 11.3. The van der Waals surface area contributed by atoms with Gasteiger partial charge in [-0.25, -0.2) is 0 Å². The molecule has 0 aliphatic carbocycles. The van der Waals surface area contributed by atoms with E-state index in [0.717, 1.165) is 5.92 Å². The van der Waals surface area contributed by atoms with E-state index in [1.807, 2.05) is 0 Å². The third-order valence-electron chi connectivity index (χ3n) is 4.78. The Hall–Kier alpha value is -0.0800. The molecule has 1 N–H and O–H groups in total. The van der Waals surface area contributed by atoms with Crippen molar-refractivity contribution < 1.29 is 0 Å². The highest BCUT2D eigenvalue weighted by Gasteiger charge is 2.34. The zero-order valence-corrected chi connectivity index (χ0v) is 11.8. The predicted molar refractivity (Wildman–Crippen MR) is 74.3 cm³/mol. The standard InChI is InChI=1S/C15H30N2/c1-3-7-15(8-9-16-12-15)13-17-10-4-5-14(2)6-11-17/h14,16H,3-13H2,1-2H3. The zero-order chi connectivity index (χ0) is 12.1. The lowest BCUT2D eigenvalue weighted by Crippen LogP contribution is -2.39. The van der Waals surface area contributed by atoms with Crippen molar-refractivity contribution >= 4 is 0 Å². The number of nitrogens with zero attached hydrogens (tertiary/aromatic N) is 1. The van der Waals surface area contributed by atoms with Gasteiger partial charge < -0.3 is 10.2 Å². The van der Waals surface area contributed by atoms with E-state index in [1.165, 1.54) is 71.2 Å². The van der Waals surface area contributed by atoms with E-state index in [1.54, 1.807) is 0 Å². The Morgan fingerprint density at radius 3 is 2.88 bits per heavy atom. The summed E-state index contributed by atoms with van der Waals surface area (Å²) < 4.78 is 0. The summed E-state index contributed by atoms with van der Waals surface area (Å²) in [5.74, 6) is 0.948. The largest absolute Gasteiger partial charge is 0.316 e. The normalized spacial score (nSPS) is 36.0. The maximum Gasteiger partial charge on any atom is 0.00506 e. The Balaban J connectivity index is 1.88. The molecule has 2 unspecified atom stereocenters. The number of likely N-dealkylation sites (tertiary alicyclic amines) is 1. The molecule has 0 saturated carbocycles. The molecule has 2 atom stereocenters. The lowest BCUT2D eigenvalue weighted by molar-refractivity contribution is 0.155. The van der Waals surface area contributed by atoms with E-state index in [-0.39, 0.29) is 0 Å². The Labute approximate surface area is 107 Å². The van der Waals surface area contributed by atoms with Gasteiger partial charge in [0.2, 0.25) is 0 Å². The maximum absolute atomic E-state index is 3.59. The topological polar surface area (TPSA) is 15.3 Å². The zero-order valence-electron chi connectivity index (χ0n) is 11.8. The molecular formula is C15H30N2. The molecule has 17 heavy (non-hydrogen) atoms. The summed E-state index contributed by atoms with van der Waals surface area (Å²) >= 11 is 0.